The van der Waals surface area contributed by atoms with E-state index in [0.29, 0.717) is 11.7 Å². The number of carbonyl (C=O) groups excluding carboxylic acids is 1. The second kappa shape index (κ2) is 5.08. The number of rotatable bonds is 4. The van der Waals surface area contributed by atoms with Gasteiger partial charge in [0.05, 0.1) is 6.61 Å². The molecule has 2 fully saturated rings. The van der Waals surface area contributed by atoms with Gasteiger partial charge in [0.15, 0.2) is 5.78 Å². The summed E-state index contributed by atoms with van der Waals surface area (Å²) in [5.74, 6) is 0.679. The minimum absolute atomic E-state index is 0.129. The van der Waals surface area contributed by atoms with Crippen LogP contribution in [0.15, 0.2) is 0 Å². The summed E-state index contributed by atoms with van der Waals surface area (Å²) < 4.78 is 5.58. The zero-order valence-electron chi connectivity index (χ0n) is 9.58. The molecule has 86 valence electrons. The van der Waals surface area contributed by atoms with Gasteiger partial charge in [-0.2, -0.15) is 0 Å². The van der Waals surface area contributed by atoms with Crippen LogP contribution in [-0.2, 0) is 9.53 Å². The van der Waals surface area contributed by atoms with Crippen LogP contribution in [0.4, 0.5) is 0 Å². The molecule has 2 aliphatic rings. The first-order valence-corrected chi connectivity index (χ1v) is 6.19. The molecular formula is C12H21NO2. The van der Waals surface area contributed by atoms with Crippen LogP contribution < -0.4 is 0 Å². The van der Waals surface area contributed by atoms with Crippen LogP contribution in [0.5, 0.6) is 0 Å². The summed E-state index contributed by atoms with van der Waals surface area (Å²) in [7, 11) is 0. The highest BCUT2D eigenvalue weighted by molar-refractivity contribution is 5.86. The Morgan fingerprint density at radius 2 is 2.27 bits per heavy atom. The highest BCUT2D eigenvalue weighted by Gasteiger charge is 2.34. The summed E-state index contributed by atoms with van der Waals surface area (Å²) in [6.07, 6.45) is 4.43. The van der Waals surface area contributed by atoms with Crippen LogP contribution in [0.1, 0.15) is 32.6 Å². The number of hydrogen-bond acceptors (Lipinski definition) is 3. The van der Waals surface area contributed by atoms with Gasteiger partial charge in [-0.1, -0.05) is 13.3 Å². The van der Waals surface area contributed by atoms with Crippen molar-refractivity contribution in [3.05, 3.63) is 0 Å². The first-order chi connectivity index (χ1) is 7.31. The van der Waals surface area contributed by atoms with Gasteiger partial charge in [-0.3, -0.25) is 9.69 Å². The van der Waals surface area contributed by atoms with Gasteiger partial charge in [0, 0.05) is 19.0 Å². The van der Waals surface area contributed by atoms with Crippen molar-refractivity contribution in [2.24, 2.45) is 5.92 Å². The van der Waals surface area contributed by atoms with E-state index in [1.165, 1.54) is 6.42 Å². The van der Waals surface area contributed by atoms with Crippen LogP contribution in [0.2, 0.25) is 0 Å². The maximum absolute atomic E-state index is 12.0. The molecule has 0 bridgehead atoms. The third kappa shape index (κ3) is 2.58. The maximum Gasteiger partial charge on any atom is 0.165 e. The van der Waals surface area contributed by atoms with E-state index >= 15 is 0 Å². The molecule has 0 spiro atoms. The molecule has 0 N–H and O–H groups in total. The van der Waals surface area contributed by atoms with Gasteiger partial charge >= 0.3 is 0 Å². The van der Waals surface area contributed by atoms with E-state index in [4.69, 9.17) is 4.74 Å². The summed E-state index contributed by atoms with van der Waals surface area (Å²) >= 11 is 0. The molecule has 3 heteroatoms. The summed E-state index contributed by atoms with van der Waals surface area (Å²) in [6.45, 7) is 5.81. The topological polar surface area (TPSA) is 29.5 Å². The monoisotopic (exact) mass is 211 g/mol. The second-order valence-electron chi connectivity index (χ2n) is 4.69. The molecule has 1 aliphatic carbocycles. The standard InChI is InChI=1S/C12H21NO2/c1-2-6-13-7-8-15-11(9-13)12(14)10-4-3-5-10/h10-11H,2-9H2,1H3. The molecule has 2 rings (SSSR count). The molecule has 3 nitrogen and oxygen atoms in total. The minimum atomic E-state index is -0.129. The van der Waals surface area contributed by atoms with E-state index in [-0.39, 0.29) is 6.10 Å². The number of nitrogens with zero attached hydrogens (tertiary/aromatic N) is 1. The van der Waals surface area contributed by atoms with Gasteiger partial charge in [0.2, 0.25) is 0 Å². The van der Waals surface area contributed by atoms with Crippen molar-refractivity contribution < 1.29 is 9.53 Å². The maximum atomic E-state index is 12.0. The first-order valence-electron chi connectivity index (χ1n) is 6.19. The van der Waals surface area contributed by atoms with E-state index in [9.17, 15) is 4.79 Å². The summed E-state index contributed by atoms with van der Waals surface area (Å²) in [4.78, 5) is 14.3. The molecule has 0 amide bonds. The average molecular weight is 211 g/mol. The van der Waals surface area contributed by atoms with Gasteiger partial charge < -0.3 is 4.74 Å². The zero-order chi connectivity index (χ0) is 10.7. The summed E-state index contributed by atoms with van der Waals surface area (Å²) in [5.41, 5.74) is 0. The molecule has 1 atom stereocenters. The van der Waals surface area contributed by atoms with Crippen molar-refractivity contribution in [1.82, 2.24) is 4.90 Å². The largest absolute Gasteiger partial charge is 0.368 e. The van der Waals surface area contributed by atoms with Crippen molar-refractivity contribution in [3.8, 4) is 0 Å². The van der Waals surface area contributed by atoms with E-state index < -0.39 is 0 Å². The van der Waals surface area contributed by atoms with Gasteiger partial charge in [-0.15, -0.1) is 0 Å². The van der Waals surface area contributed by atoms with Crippen LogP contribution in [-0.4, -0.2) is 43.0 Å². The fraction of sp³-hybridized carbons (Fsp3) is 0.917. The Hall–Kier alpha value is -0.410. The molecular weight excluding hydrogens is 190 g/mol. The lowest BCUT2D eigenvalue weighted by molar-refractivity contribution is -0.142. The Kier molecular flexibility index (Phi) is 3.76. The third-order valence-corrected chi connectivity index (χ3v) is 3.52. The minimum Gasteiger partial charge on any atom is -0.368 e. The normalized spacial score (nSPS) is 28.7. The smallest absolute Gasteiger partial charge is 0.165 e. The number of ketones is 1. The molecule has 0 radical (unpaired) electrons. The van der Waals surface area contributed by atoms with E-state index in [1.54, 1.807) is 0 Å². The number of morpholine rings is 1. The number of ether oxygens (including phenoxy) is 1. The third-order valence-electron chi connectivity index (χ3n) is 3.52. The predicted octanol–water partition coefficient (Wildman–Crippen LogP) is 1.47. The highest BCUT2D eigenvalue weighted by Crippen LogP contribution is 2.29. The fourth-order valence-electron chi connectivity index (χ4n) is 2.35. The molecule has 1 aliphatic heterocycles. The molecule has 1 heterocycles. The van der Waals surface area contributed by atoms with E-state index in [0.717, 1.165) is 45.5 Å². The SMILES string of the molecule is CCCN1CCOC(C(=O)C2CCC2)C1. The number of carbonyl (C=O) groups is 1. The van der Waals surface area contributed by atoms with Crippen molar-refractivity contribution in [2.45, 2.75) is 38.7 Å². The van der Waals surface area contributed by atoms with Crippen molar-refractivity contribution >= 4 is 5.78 Å². The van der Waals surface area contributed by atoms with Gasteiger partial charge in [0.25, 0.3) is 0 Å². The Morgan fingerprint density at radius 3 is 2.87 bits per heavy atom. The Bertz CT molecular complexity index is 224. The average Bonchev–Trinajstić information content (AvgIpc) is 2.16. The van der Waals surface area contributed by atoms with Gasteiger partial charge in [0.1, 0.15) is 6.10 Å². The molecule has 15 heavy (non-hydrogen) atoms. The number of hydrogen-bond donors (Lipinski definition) is 0. The fourth-order valence-corrected chi connectivity index (χ4v) is 2.35. The van der Waals surface area contributed by atoms with Crippen LogP contribution in [0.25, 0.3) is 0 Å². The van der Waals surface area contributed by atoms with Crippen LogP contribution in [0.3, 0.4) is 0 Å². The second-order valence-corrected chi connectivity index (χ2v) is 4.69. The quantitative estimate of drug-likeness (QED) is 0.705. The molecule has 0 aromatic carbocycles. The lowest BCUT2D eigenvalue weighted by atomic mass is 9.80. The molecule has 1 saturated heterocycles. The summed E-state index contributed by atoms with van der Waals surface area (Å²) in [6, 6.07) is 0. The number of Topliss-reactive ketones (excluding diaryl/α,β-unsaturated/α-hetero) is 1. The van der Waals surface area contributed by atoms with Crippen LogP contribution >= 0.6 is 0 Å². The van der Waals surface area contributed by atoms with Crippen molar-refractivity contribution in [3.63, 3.8) is 0 Å². The predicted molar refractivity (Wildman–Crippen MR) is 58.8 cm³/mol. The molecule has 0 aromatic heterocycles. The van der Waals surface area contributed by atoms with E-state index in [2.05, 4.69) is 11.8 Å². The molecule has 0 aromatic rings. The van der Waals surface area contributed by atoms with Crippen molar-refractivity contribution in [2.75, 3.05) is 26.2 Å². The summed E-state index contributed by atoms with van der Waals surface area (Å²) in [5, 5.41) is 0. The van der Waals surface area contributed by atoms with Gasteiger partial charge in [-0.25, -0.2) is 0 Å². The van der Waals surface area contributed by atoms with Crippen molar-refractivity contribution in [1.29, 1.82) is 0 Å². The van der Waals surface area contributed by atoms with E-state index in [1.807, 2.05) is 0 Å². The zero-order valence-corrected chi connectivity index (χ0v) is 9.58. The Balaban J connectivity index is 1.83. The van der Waals surface area contributed by atoms with Crippen LogP contribution in [0, 0.1) is 5.92 Å². The lowest BCUT2D eigenvalue weighted by Gasteiger charge is -2.35. The molecule has 1 unspecified atom stereocenters. The molecule has 1 saturated carbocycles. The van der Waals surface area contributed by atoms with Gasteiger partial charge in [-0.05, 0) is 25.8 Å². The Labute approximate surface area is 91.8 Å². The Morgan fingerprint density at radius 1 is 1.47 bits per heavy atom. The first kappa shape index (κ1) is 11.1. The lowest BCUT2D eigenvalue weighted by Crippen LogP contribution is -2.48. The highest BCUT2D eigenvalue weighted by atomic mass is 16.5.